The lowest BCUT2D eigenvalue weighted by atomic mass is 10.1. The van der Waals surface area contributed by atoms with Crippen molar-refractivity contribution in [1.82, 2.24) is 0 Å². The molecule has 2 aromatic rings. The number of hydrogen-bond acceptors (Lipinski definition) is 4. The Kier molecular flexibility index (Phi) is 3.36. The van der Waals surface area contributed by atoms with Crippen molar-refractivity contribution in [1.29, 1.82) is 10.5 Å². The van der Waals surface area contributed by atoms with Gasteiger partial charge < -0.3 is 10.6 Å². The molecule has 0 radical (unpaired) electrons. The lowest BCUT2D eigenvalue weighted by Gasteiger charge is -2.20. The minimum atomic E-state index is 0.445. The standard InChI is InChI=1S/C15H12N4/c1-19(13-4-2-3-11(7-13)9-16)14-5-6-15(18)12(8-14)10-17/h2-8H,18H2,1H3. The maximum atomic E-state index is 8.99. The van der Waals surface area contributed by atoms with Crippen LogP contribution in [-0.4, -0.2) is 7.05 Å². The molecule has 0 atom stereocenters. The van der Waals surface area contributed by atoms with Crippen molar-refractivity contribution in [3.63, 3.8) is 0 Å². The fourth-order valence-electron chi connectivity index (χ4n) is 1.78. The first-order valence-corrected chi connectivity index (χ1v) is 5.69. The van der Waals surface area contributed by atoms with Crippen molar-refractivity contribution in [3.8, 4) is 12.1 Å². The third-order valence-electron chi connectivity index (χ3n) is 2.91. The van der Waals surface area contributed by atoms with Crippen LogP contribution < -0.4 is 10.6 Å². The van der Waals surface area contributed by atoms with Gasteiger partial charge in [-0.15, -0.1) is 0 Å². The molecule has 0 aromatic heterocycles. The smallest absolute Gasteiger partial charge is 0.101 e. The van der Waals surface area contributed by atoms with E-state index in [-0.39, 0.29) is 0 Å². The van der Waals surface area contributed by atoms with Crippen LogP contribution >= 0.6 is 0 Å². The van der Waals surface area contributed by atoms with Gasteiger partial charge in [0.1, 0.15) is 6.07 Å². The molecule has 0 aliphatic carbocycles. The average Bonchev–Trinajstić information content (AvgIpc) is 2.47. The summed E-state index contributed by atoms with van der Waals surface area (Å²) in [4.78, 5) is 1.90. The van der Waals surface area contributed by atoms with Crippen LogP contribution in [0.4, 0.5) is 17.1 Å². The Morgan fingerprint density at radius 1 is 1.00 bits per heavy atom. The van der Waals surface area contributed by atoms with Gasteiger partial charge in [-0.05, 0) is 36.4 Å². The van der Waals surface area contributed by atoms with Gasteiger partial charge in [-0.3, -0.25) is 0 Å². The highest BCUT2D eigenvalue weighted by atomic mass is 15.1. The summed E-state index contributed by atoms with van der Waals surface area (Å²) < 4.78 is 0. The summed E-state index contributed by atoms with van der Waals surface area (Å²) in [6, 6.07) is 16.7. The van der Waals surface area contributed by atoms with E-state index in [1.54, 1.807) is 24.3 Å². The van der Waals surface area contributed by atoms with Crippen molar-refractivity contribution < 1.29 is 0 Å². The van der Waals surface area contributed by atoms with E-state index < -0.39 is 0 Å². The van der Waals surface area contributed by atoms with Gasteiger partial charge in [-0.2, -0.15) is 10.5 Å². The predicted molar refractivity (Wildman–Crippen MR) is 74.8 cm³/mol. The van der Waals surface area contributed by atoms with Gasteiger partial charge in [0, 0.05) is 24.1 Å². The van der Waals surface area contributed by atoms with Crippen molar-refractivity contribution in [3.05, 3.63) is 53.6 Å². The molecule has 19 heavy (non-hydrogen) atoms. The van der Waals surface area contributed by atoms with Crippen LogP contribution in [0.3, 0.4) is 0 Å². The zero-order valence-electron chi connectivity index (χ0n) is 10.5. The van der Waals surface area contributed by atoms with Gasteiger partial charge >= 0.3 is 0 Å². The fourth-order valence-corrected chi connectivity index (χ4v) is 1.78. The number of nitriles is 2. The van der Waals surface area contributed by atoms with E-state index in [4.69, 9.17) is 16.3 Å². The second-order valence-electron chi connectivity index (χ2n) is 4.10. The minimum Gasteiger partial charge on any atom is -0.398 e. The second-order valence-corrected chi connectivity index (χ2v) is 4.10. The Bertz CT molecular complexity index is 692. The molecule has 0 amide bonds. The number of hydrogen-bond donors (Lipinski definition) is 1. The molecule has 2 rings (SSSR count). The zero-order valence-corrected chi connectivity index (χ0v) is 10.5. The van der Waals surface area contributed by atoms with E-state index in [2.05, 4.69) is 12.1 Å². The highest BCUT2D eigenvalue weighted by molar-refractivity contribution is 5.69. The SMILES string of the molecule is CN(c1cccc(C#N)c1)c1ccc(N)c(C#N)c1. The molecular weight excluding hydrogens is 236 g/mol. The van der Waals surface area contributed by atoms with Gasteiger partial charge in [0.15, 0.2) is 0 Å². The van der Waals surface area contributed by atoms with E-state index >= 15 is 0 Å². The molecule has 2 aromatic carbocycles. The fraction of sp³-hybridized carbons (Fsp3) is 0.0667. The molecule has 0 spiro atoms. The van der Waals surface area contributed by atoms with E-state index in [0.29, 0.717) is 16.8 Å². The Balaban J connectivity index is 2.42. The first-order chi connectivity index (χ1) is 9.15. The third kappa shape index (κ3) is 2.48. The van der Waals surface area contributed by atoms with Crippen LogP contribution in [0, 0.1) is 22.7 Å². The summed E-state index contributed by atoms with van der Waals surface area (Å²) in [7, 11) is 1.88. The Morgan fingerprint density at radius 3 is 2.42 bits per heavy atom. The molecule has 0 aliphatic heterocycles. The van der Waals surface area contributed by atoms with E-state index in [1.807, 2.05) is 30.1 Å². The summed E-state index contributed by atoms with van der Waals surface area (Å²) >= 11 is 0. The van der Waals surface area contributed by atoms with Crippen LogP contribution in [0.5, 0.6) is 0 Å². The Labute approximate surface area is 111 Å². The molecule has 0 heterocycles. The first kappa shape index (κ1) is 12.5. The van der Waals surface area contributed by atoms with Crippen LogP contribution in [0.25, 0.3) is 0 Å². The zero-order chi connectivity index (χ0) is 13.8. The number of nitrogens with two attached hydrogens (primary N) is 1. The largest absolute Gasteiger partial charge is 0.398 e. The molecule has 2 N–H and O–H groups in total. The van der Waals surface area contributed by atoms with Crippen molar-refractivity contribution >= 4 is 17.1 Å². The highest BCUT2D eigenvalue weighted by Gasteiger charge is 2.07. The van der Waals surface area contributed by atoms with Gasteiger partial charge in [-0.25, -0.2) is 0 Å². The molecule has 0 bridgehead atoms. The van der Waals surface area contributed by atoms with Gasteiger partial charge in [0.2, 0.25) is 0 Å². The van der Waals surface area contributed by atoms with Crippen molar-refractivity contribution in [2.24, 2.45) is 0 Å². The van der Waals surface area contributed by atoms with Gasteiger partial charge in [0.05, 0.1) is 17.2 Å². The molecule has 4 heteroatoms. The molecule has 0 saturated carbocycles. The molecule has 0 unspecified atom stereocenters. The molecule has 4 nitrogen and oxygen atoms in total. The highest BCUT2D eigenvalue weighted by Crippen LogP contribution is 2.26. The summed E-state index contributed by atoms with van der Waals surface area (Å²) in [5.41, 5.74) is 8.94. The number of benzene rings is 2. The van der Waals surface area contributed by atoms with Crippen LogP contribution in [0.2, 0.25) is 0 Å². The Morgan fingerprint density at radius 2 is 1.74 bits per heavy atom. The molecule has 92 valence electrons. The maximum absolute atomic E-state index is 8.99. The van der Waals surface area contributed by atoms with Gasteiger partial charge in [-0.1, -0.05) is 6.07 Å². The topological polar surface area (TPSA) is 76.8 Å². The molecule has 0 fully saturated rings. The van der Waals surface area contributed by atoms with Crippen LogP contribution in [0.15, 0.2) is 42.5 Å². The second kappa shape index (κ2) is 5.12. The minimum absolute atomic E-state index is 0.445. The number of nitrogens with zero attached hydrogens (tertiary/aromatic N) is 3. The van der Waals surface area contributed by atoms with E-state index in [0.717, 1.165) is 11.4 Å². The van der Waals surface area contributed by atoms with Crippen molar-refractivity contribution in [2.75, 3.05) is 17.7 Å². The quantitative estimate of drug-likeness (QED) is 0.829. The summed E-state index contributed by atoms with van der Waals surface area (Å²) in [5.74, 6) is 0. The van der Waals surface area contributed by atoms with E-state index in [1.165, 1.54) is 0 Å². The summed E-state index contributed by atoms with van der Waals surface area (Å²) in [6.07, 6.45) is 0. The number of anilines is 3. The molecular formula is C15H12N4. The normalized spacial score (nSPS) is 9.42. The van der Waals surface area contributed by atoms with Gasteiger partial charge in [0.25, 0.3) is 0 Å². The Hall–Kier alpha value is -2.98. The third-order valence-corrected chi connectivity index (χ3v) is 2.91. The lowest BCUT2D eigenvalue weighted by molar-refractivity contribution is 1.20. The number of nitrogen functional groups attached to an aromatic ring is 1. The average molecular weight is 248 g/mol. The van der Waals surface area contributed by atoms with E-state index in [9.17, 15) is 0 Å². The molecule has 0 aliphatic rings. The number of rotatable bonds is 2. The lowest BCUT2D eigenvalue weighted by Crippen LogP contribution is -2.10. The first-order valence-electron chi connectivity index (χ1n) is 5.69. The van der Waals surface area contributed by atoms with Crippen molar-refractivity contribution in [2.45, 2.75) is 0 Å². The summed E-state index contributed by atoms with van der Waals surface area (Å²) in [5, 5.41) is 17.9. The molecule has 0 saturated heterocycles. The maximum Gasteiger partial charge on any atom is 0.101 e. The predicted octanol–water partition coefficient (Wildman–Crippen LogP) is 2.78. The van der Waals surface area contributed by atoms with Crippen LogP contribution in [-0.2, 0) is 0 Å². The monoisotopic (exact) mass is 248 g/mol. The van der Waals surface area contributed by atoms with Crippen LogP contribution in [0.1, 0.15) is 11.1 Å². The summed E-state index contributed by atoms with van der Waals surface area (Å²) in [6.45, 7) is 0.